The third-order valence-electron chi connectivity index (χ3n) is 3.57. The quantitative estimate of drug-likeness (QED) is 0.348. The molecule has 3 N–H and O–H groups in total. The molecule has 10 nitrogen and oxygen atoms in total. The van der Waals surface area contributed by atoms with Crippen molar-refractivity contribution in [2.45, 2.75) is 24.7 Å². The minimum Gasteiger partial charge on any atom is -0.379 e. The first-order chi connectivity index (χ1) is 12.7. The SMILES string of the molecule is CCCNC(=O)CCNc1ccc(S(=O)(=O)NCCN(C)C)cc1[N+](=O)[O-]. The highest BCUT2D eigenvalue weighted by atomic mass is 32.2. The molecule has 0 aromatic heterocycles. The molecule has 152 valence electrons. The summed E-state index contributed by atoms with van der Waals surface area (Å²) in [7, 11) is -0.231. The molecule has 1 aromatic carbocycles. The fourth-order valence-corrected chi connectivity index (χ4v) is 3.17. The third-order valence-corrected chi connectivity index (χ3v) is 5.03. The molecule has 11 heteroatoms. The van der Waals surface area contributed by atoms with Crippen LogP contribution >= 0.6 is 0 Å². The molecule has 0 unspecified atom stereocenters. The molecule has 1 amide bonds. The van der Waals surface area contributed by atoms with E-state index in [1.54, 1.807) is 0 Å². The Hall–Kier alpha value is -2.24. The molecule has 0 radical (unpaired) electrons. The van der Waals surface area contributed by atoms with Gasteiger partial charge in [0.05, 0.1) is 9.82 Å². The smallest absolute Gasteiger partial charge is 0.293 e. The van der Waals surface area contributed by atoms with E-state index in [1.165, 1.54) is 12.1 Å². The molecule has 0 aliphatic heterocycles. The number of nitro benzene ring substituents is 1. The summed E-state index contributed by atoms with van der Waals surface area (Å²) in [5.74, 6) is -0.156. The Kier molecular flexibility index (Phi) is 9.12. The average molecular weight is 401 g/mol. The molecule has 0 saturated carbocycles. The van der Waals surface area contributed by atoms with Crippen molar-refractivity contribution in [3.05, 3.63) is 28.3 Å². The van der Waals surface area contributed by atoms with Crippen LogP contribution in [0.15, 0.2) is 23.1 Å². The van der Waals surface area contributed by atoms with Crippen LogP contribution in [0.4, 0.5) is 11.4 Å². The number of rotatable bonds is 12. The zero-order chi connectivity index (χ0) is 20.4. The second-order valence-corrected chi connectivity index (χ2v) is 7.93. The van der Waals surface area contributed by atoms with Crippen LogP contribution in [-0.4, -0.2) is 64.4 Å². The summed E-state index contributed by atoms with van der Waals surface area (Å²) >= 11 is 0. The number of anilines is 1. The Balaban J connectivity index is 2.82. The highest BCUT2D eigenvalue weighted by Crippen LogP contribution is 2.27. The molecule has 0 bridgehead atoms. The number of carbonyl (C=O) groups is 1. The van der Waals surface area contributed by atoms with E-state index in [1.807, 2.05) is 25.9 Å². The van der Waals surface area contributed by atoms with Gasteiger partial charge in [-0.05, 0) is 32.6 Å². The fraction of sp³-hybridized carbons (Fsp3) is 0.562. The van der Waals surface area contributed by atoms with E-state index < -0.39 is 14.9 Å². The van der Waals surface area contributed by atoms with Gasteiger partial charge in [0.25, 0.3) is 5.69 Å². The number of sulfonamides is 1. The lowest BCUT2D eigenvalue weighted by Gasteiger charge is -2.12. The summed E-state index contributed by atoms with van der Waals surface area (Å²) in [5.41, 5.74) is -0.199. The monoisotopic (exact) mass is 401 g/mol. The molecular formula is C16H27N5O5S. The van der Waals surface area contributed by atoms with E-state index >= 15 is 0 Å². The summed E-state index contributed by atoms with van der Waals surface area (Å²) in [4.78, 5) is 23.9. The number of likely N-dealkylation sites (N-methyl/N-ethyl adjacent to an activating group) is 1. The van der Waals surface area contributed by atoms with Crippen molar-refractivity contribution >= 4 is 27.3 Å². The first kappa shape index (κ1) is 22.8. The summed E-state index contributed by atoms with van der Waals surface area (Å²) in [6.45, 7) is 3.40. The lowest BCUT2D eigenvalue weighted by atomic mass is 10.2. The van der Waals surface area contributed by atoms with E-state index in [0.717, 1.165) is 12.5 Å². The largest absolute Gasteiger partial charge is 0.379 e. The van der Waals surface area contributed by atoms with Crippen LogP contribution < -0.4 is 15.4 Å². The molecule has 27 heavy (non-hydrogen) atoms. The summed E-state index contributed by atoms with van der Waals surface area (Å²) < 4.78 is 27.0. The van der Waals surface area contributed by atoms with Gasteiger partial charge in [-0.2, -0.15) is 0 Å². The van der Waals surface area contributed by atoms with E-state index in [4.69, 9.17) is 0 Å². The van der Waals surface area contributed by atoms with Gasteiger partial charge in [0, 0.05) is 38.7 Å². The first-order valence-corrected chi connectivity index (χ1v) is 10.1. The van der Waals surface area contributed by atoms with Gasteiger partial charge in [0.15, 0.2) is 0 Å². The van der Waals surface area contributed by atoms with Gasteiger partial charge in [-0.3, -0.25) is 14.9 Å². The number of benzene rings is 1. The van der Waals surface area contributed by atoms with Crippen molar-refractivity contribution in [3.8, 4) is 0 Å². The van der Waals surface area contributed by atoms with Crippen LogP contribution in [0.3, 0.4) is 0 Å². The Labute approximate surface area is 159 Å². The second kappa shape index (κ2) is 10.8. The van der Waals surface area contributed by atoms with Crippen LogP contribution in [0.2, 0.25) is 0 Å². The number of amides is 1. The maximum absolute atomic E-state index is 12.3. The molecule has 0 fully saturated rings. The number of carbonyl (C=O) groups excluding carboxylic acids is 1. The van der Waals surface area contributed by atoms with Gasteiger partial charge in [-0.25, -0.2) is 13.1 Å². The topological polar surface area (TPSA) is 134 Å². The fourth-order valence-electron chi connectivity index (χ4n) is 2.13. The highest BCUT2D eigenvalue weighted by molar-refractivity contribution is 7.89. The van der Waals surface area contributed by atoms with Gasteiger partial charge in [0.1, 0.15) is 5.69 Å². The standard InChI is InChI=1S/C16H27N5O5S/c1-4-8-18-16(22)7-9-17-14-6-5-13(12-15(14)21(23)24)27(25,26)19-10-11-20(2)3/h5-6,12,17,19H,4,7-11H2,1-3H3,(H,18,22). The van der Waals surface area contributed by atoms with Crippen molar-refractivity contribution in [3.63, 3.8) is 0 Å². The maximum atomic E-state index is 12.3. The minimum absolute atomic E-state index is 0.156. The number of nitrogens with one attached hydrogen (secondary N) is 3. The Morgan fingerprint density at radius 1 is 1.22 bits per heavy atom. The molecule has 1 rings (SSSR count). The van der Waals surface area contributed by atoms with Gasteiger partial charge < -0.3 is 15.5 Å². The van der Waals surface area contributed by atoms with Gasteiger partial charge >= 0.3 is 0 Å². The Bertz CT molecular complexity index is 752. The summed E-state index contributed by atoms with van der Waals surface area (Å²) in [5, 5.41) is 16.8. The van der Waals surface area contributed by atoms with Crippen LogP contribution in [0.25, 0.3) is 0 Å². The lowest BCUT2D eigenvalue weighted by molar-refractivity contribution is -0.384. The molecule has 0 heterocycles. The second-order valence-electron chi connectivity index (χ2n) is 6.16. The van der Waals surface area contributed by atoms with Crippen LogP contribution in [-0.2, 0) is 14.8 Å². The molecule has 0 saturated heterocycles. The van der Waals surface area contributed by atoms with Crippen LogP contribution in [0.5, 0.6) is 0 Å². The van der Waals surface area contributed by atoms with Crippen molar-refractivity contribution in [1.82, 2.24) is 14.9 Å². The van der Waals surface area contributed by atoms with E-state index in [0.29, 0.717) is 13.1 Å². The lowest BCUT2D eigenvalue weighted by Crippen LogP contribution is -2.31. The summed E-state index contributed by atoms with van der Waals surface area (Å²) in [6.07, 6.45) is 0.979. The number of hydrogen-bond acceptors (Lipinski definition) is 7. The zero-order valence-electron chi connectivity index (χ0n) is 15.8. The molecule has 0 aliphatic carbocycles. The predicted octanol–water partition coefficient (Wildman–Crippen LogP) is 0.763. The van der Waals surface area contributed by atoms with E-state index in [2.05, 4.69) is 15.4 Å². The van der Waals surface area contributed by atoms with Crippen LogP contribution in [0.1, 0.15) is 19.8 Å². The average Bonchev–Trinajstić information content (AvgIpc) is 2.59. The molecule has 0 spiro atoms. The minimum atomic E-state index is -3.85. The Morgan fingerprint density at radius 2 is 1.93 bits per heavy atom. The first-order valence-electron chi connectivity index (χ1n) is 8.60. The normalized spacial score (nSPS) is 11.4. The van der Waals surface area contributed by atoms with Crippen molar-refractivity contribution < 1.29 is 18.1 Å². The van der Waals surface area contributed by atoms with Crippen molar-refractivity contribution in [2.24, 2.45) is 0 Å². The molecule has 0 atom stereocenters. The van der Waals surface area contributed by atoms with Gasteiger partial charge in [-0.15, -0.1) is 0 Å². The van der Waals surface area contributed by atoms with Crippen molar-refractivity contribution in [1.29, 1.82) is 0 Å². The zero-order valence-corrected chi connectivity index (χ0v) is 16.6. The third kappa shape index (κ3) is 7.89. The molecule has 0 aliphatic rings. The van der Waals surface area contributed by atoms with E-state index in [9.17, 15) is 23.3 Å². The van der Waals surface area contributed by atoms with Gasteiger partial charge in [-0.1, -0.05) is 6.92 Å². The molecule has 1 aromatic rings. The molecular weight excluding hydrogens is 374 g/mol. The van der Waals surface area contributed by atoms with Gasteiger partial charge in [0.2, 0.25) is 15.9 Å². The van der Waals surface area contributed by atoms with Crippen LogP contribution in [0, 0.1) is 10.1 Å². The Morgan fingerprint density at radius 3 is 2.52 bits per heavy atom. The summed E-state index contributed by atoms with van der Waals surface area (Å²) in [6, 6.07) is 3.64. The number of hydrogen-bond donors (Lipinski definition) is 3. The highest BCUT2D eigenvalue weighted by Gasteiger charge is 2.21. The number of nitrogens with zero attached hydrogens (tertiary/aromatic N) is 2. The predicted molar refractivity (Wildman–Crippen MR) is 103 cm³/mol. The number of nitro groups is 1. The van der Waals surface area contributed by atoms with E-state index in [-0.39, 0.29) is 41.7 Å². The van der Waals surface area contributed by atoms with Crippen molar-refractivity contribution in [2.75, 3.05) is 45.6 Å². The maximum Gasteiger partial charge on any atom is 0.293 e.